The van der Waals surface area contributed by atoms with Crippen molar-refractivity contribution < 1.29 is 4.79 Å². The summed E-state index contributed by atoms with van der Waals surface area (Å²) >= 11 is 2.94. The zero-order valence-corrected chi connectivity index (χ0v) is 17.1. The molecule has 0 bridgehead atoms. The lowest BCUT2D eigenvalue weighted by molar-refractivity contribution is -0.119. The summed E-state index contributed by atoms with van der Waals surface area (Å²) in [6.45, 7) is 10.3. The predicted molar refractivity (Wildman–Crippen MR) is 109 cm³/mol. The van der Waals surface area contributed by atoms with Gasteiger partial charge in [0, 0.05) is 17.5 Å². The SMILES string of the molecule is C=CCn1c(SCC(=O)N[C@H](C)C(C)C)nc2sc3c(c2c1=O)CCC3. The number of rotatable bonds is 7. The maximum absolute atomic E-state index is 13.0. The molecule has 0 spiro atoms. The number of fused-ring (bicyclic) bond motifs is 3. The lowest BCUT2D eigenvalue weighted by Crippen LogP contribution is -2.37. The first-order chi connectivity index (χ1) is 12.4. The summed E-state index contributed by atoms with van der Waals surface area (Å²) in [4.78, 5) is 32.1. The van der Waals surface area contributed by atoms with Crippen LogP contribution in [0.3, 0.4) is 0 Å². The normalized spacial score (nSPS) is 14.6. The van der Waals surface area contributed by atoms with Gasteiger partial charge in [-0.2, -0.15) is 0 Å². The molecule has 1 atom stereocenters. The molecule has 0 aliphatic heterocycles. The van der Waals surface area contributed by atoms with E-state index < -0.39 is 0 Å². The molecular formula is C19H25N3O2S2. The first-order valence-corrected chi connectivity index (χ1v) is 10.8. The number of carbonyl (C=O) groups excluding carboxylic acids is 1. The van der Waals surface area contributed by atoms with E-state index in [1.807, 2.05) is 6.92 Å². The van der Waals surface area contributed by atoms with Crippen molar-refractivity contribution in [2.75, 3.05) is 5.75 Å². The number of thioether (sulfide) groups is 1. The van der Waals surface area contributed by atoms with E-state index in [2.05, 4.69) is 25.7 Å². The Morgan fingerprint density at radius 1 is 1.42 bits per heavy atom. The number of carbonyl (C=O) groups is 1. The van der Waals surface area contributed by atoms with Gasteiger partial charge in [-0.05, 0) is 37.7 Å². The van der Waals surface area contributed by atoms with Gasteiger partial charge in [-0.1, -0.05) is 31.7 Å². The fourth-order valence-corrected chi connectivity index (χ4v) is 5.17. The van der Waals surface area contributed by atoms with E-state index in [-0.39, 0.29) is 23.3 Å². The summed E-state index contributed by atoms with van der Waals surface area (Å²) in [5.74, 6) is 0.590. The molecular weight excluding hydrogens is 366 g/mol. The number of aromatic nitrogens is 2. The van der Waals surface area contributed by atoms with Crippen LogP contribution in [0.15, 0.2) is 22.6 Å². The van der Waals surface area contributed by atoms with Crippen LogP contribution in [-0.2, 0) is 24.2 Å². The van der Waals surface area contributed by atoms with Crippen LogP contribution in [-0.4, -0.2) is 27.3 Å². The van der Waals surface area contributed by atoms with Gasteiger partial charge in [0.2, 0.25) is 5.91 Å². The zero-order chi connectivity index (χ0) is 18.8. The largest absolute Gasteiger partial charge is 0.353 e. The second-order valence-corrected chi connectivity index (χ2v) is 9.05. The lowest BCUT2D eigenvalue weighted by atomic mass is 10.1. The van der Waals surface area contributed by atoms with E-state index in [1.165, 1.54) is 22.2 Å². The highest BCUT2D eigenvalue weighted by Gasteiger charge is 2.23. The summed E-state index contributed by atoms with van der Waals surface area (Å²) in [5, 5.41) is 4.35. The molecule has 2 aromatic heterocycles. The van der Waals surface area contributed by atoms with Crippen LogP contribution in [0, 0.1) is 5.92 Å². The molecule has 2 heterocycles. The molecule has 5 nitrogen and oxygen atoms in total. The molecule has 0 radical (unpaired) electrons. The van der Waals surface area contributed by atoms with Gasteiger partial charge in [-0.15, -0.1) is 17.9 Å². The minimum absolute atomic E-state index is 0.00671. The second kappa shape index (κ2) is 7.96. The number of nitrogens with one attached hydrogen (secondary N) is 1. The molecule has 0 fully saturated rings. The number of thiophene rings is 1. The van der Waals surface area contributed by atoms with E-state index in [9.17, 15) is 9.59 Å². The molecule has 1 aliphatic carbocycles. The monoisotopic (exact) mass is 391 g/mol. The topological polar surface area (TPSA) is 64.0 Å². The second-order valence-electron chi connectivity index (χ2n) is 7.03. The number of hydrogen-bond acceptors (Lipinski definition) is 5. The maximum atomic E-state index is 13.0. The predicted octanol–water partition coefficient (Wildman–Crippen LogP) is 3.39. The fraction of sp³-hybridized carbons (Fsp3) is 0.526. The Hall–Kier alpha value is -1.60. The smallest absolute Gasteiger partial charge is 0.263 e. The van der Waals surface area contributed by atoms with Crippen molar-refractivity contribution >= 4 is 39.2 Å². The zero-order valence-electron chi connectivity index (χ0n) is 15.5. The first-order valence-electron chi connectivity index (χ1n) is 9.00. The van der Waals surface area contributed by atoms with Crippen molar-refractivity contribution in [1.29, 1.82) is 0 Å². The molecule has 0 saturated heterocycles. The Morgan fingerprint density at radius 3 is 2.88 bits per heavy atom. The Kier molecular flexibility index (Phi) is 5.87. The quantitative estimate of drug-likeness (QED) is 0.446. The van der Waals surface area contributed by atoms with Gasteiger partial charge >= 0.3 is 0 Å². The summed E-state index contributed by atoms with van der Waals surface area (Å²) in [7, 11) is 0. The molecule has 3 rings (SSSR count). The third kappa shape index (κ3) is 3.74. The average Bonchev–Trinajstić information content (AvgIpc) is 3.16. The summed E-state index contributed by atoms with van der Waals surface area (Å²) < 4.78 is 1.64. The number of aryl methyl sites for hydroxylation is 2. The summed E-state index contributed by atoms with van der Waals surface area (Å²) in [6.07, 6.45) is 4.81. The van der Waals surface area contributed by atoms with Crippen LogP contribution in [0.1, 0.15) is 37.6 Å². The molecule has 140 valence electrons. The molecule has 1 amide bonds. The van der Waals surface area contributed by atoms with Crippen LogP contribution < -0.4 is 10.9 Å². The van der Waals surface area contributed by atoms with Gasteiger partial charge in [0.25, 0.3) is 5.56 Å². The highest BCUT2D eigenvalue weighted by Crippen LogP contribution is 2.35. The van der Waals surface area contributed by atoms with E-state index in [0.29, 0.717) is 17.6 Å². The van der Waals surface area contributed by atoms with Crippen molar-refractivity contribution in [2.24, 2.45) is 5.92 Å². The third-order valence-electron chi connectivity index (χ3n) is 4.82. The number of amides is 1. The molecule has 7 heteroatoms. The minimum atomic E-state index is -0.0376. The molecule has 0 aromatic carbocycles. The van der Waals surface area contributed by atoms with Crippen LogP contribution in [0.4, 0.5) is 0 Å². The Labute approximate surface area is 161 Å². The molecule has 0 unspecified atom stereocenters. The van der Waals surface area contributed by atoms with Crippen LogP contribution in [0.2, 0.25) is 0 Å². The standard InChI is InChI=1S/C19H25N3O2S2/c1-5-9-22-18(24)16-13-7-6-8-14(13)26-17(16)21-19(22)25-10-15(23)20-12(4)11(2)3/h5,11-12H,1,6-10H2,2-4H3,(H,20,23)/t12-/m1/s1. The Balaban J connectivity index is 1.88. The number of allylic oxidation sites excluding steroid dienone is 1. The Morgan fingerprint density at radius 2 is 2.19 bits per heavy atom. The molecule has 1 aliphatic rings. The van der Waals surface area contributed by atoms with Gasteiger partial charge in [0.05, 0.1) is 11.1 Å². The van der Waals surface area contributed by atoms with Crippen molar-refractivity contribution in [3.63, 3.8) is 0 Å². The molecule has 0 saturated carbocycles. The van der Waals surface area contributed by atoms with Crippen molar-refractivity contribution in [1.82, 2.24) is 14.9 Å². The van der Waals surface area contributed by atoms with Crippen molar-refractivity contribution in [3.05, 3.63) is 33.4 Å². The maximum Gasteiger partial charge on any atom is 0.263 e. The molecule has 26 heavy (non-hydrogen) atoms. The van der Waals surface area contributed by atoms with Crippen molar-refractivity contribution in [2.45, 2.75) is 57.8 Å². The summed E-state index contributed by atoms with van der Waals surface area (Å²) in [6, 6.07) is 0.120. The average molecular weight is 392 g/mol. The number of nitrogens with zero attached hydrogens (tertiary/aromatic N) is 2. The fourth-order valence-electron chi connectivity index (χ4n) is 3.05. The van der Waals surface area contributed by atoms with E-state index in [1.54, 1.807) is 22.0 Å². The lowest BCUT2D eigenvalue weighted by Gasteiger charge is -2.17. The Bertz CT molecular complexity index is 898. The molecule has 1 N–H and O–H groups in total. The van der Waals surface area contributed by atoms with Gasteiger partial charge in [0.1, 0.15) is 4.83 Å². The van der Waals surface area contributed by atoms with Gasteiger partial charge < -0.3 is 5.32 Å². The summed E-state index contributed by atoms with van der Waals surface area (Å²) in [5.41, 5.74) is 1.17. The van der Waals surface area contributed by atoms with Gasteiger partial charge in [0.15, 0.2) is 5.16 Å². The number of hydrogen-bond donors (Lipinski definition) is 1. The van der Waals surface area contributed by atoms with Crippen LogP contribution in [0.25, 0.3) is 10.2 Å². The third-order valence-corrected chi connectivity index (χ3v) is 6.98. The highest BCUT2D eigenvalue weighted by atomic mass is 32.2. The van der Waals surface area contributed by atoms with E-state index in [4.69, 9.17) is 4.98 Å². The van der Waals surface area contributed by atoms with Crippen molar-refractivity contribution in [3.8, 4) is 0 Å². The molecule has 2 aromatic rings. The highest BCUT2D eigenvalue weighted by molar-refractivity contribution is 7.99. The van der Waals surface area contributed by atoms with Gasteiger partial charge in [-0.3, -0.25) is 14.2 Å². The van der Waals surface area contributed by atoms with E-state index >= 15 is 0 Å². The first kappa shape index (κ1) is 19.2. The minimum Gasteiger partial charge on any atom is -0.353 e. The van der Waals surface area contributed by atoms with Crippen LogP contribution >= 0.6 is 23.1 Å². The van der Waals surface area contributed by atoms with E-state index in [0.717, 1.165) is 29.5 Å². The van der Waals surface area contributed by atoms with Crippen LogP contribution in [0.5, 0.6) is 0 Å². The van der Waals surface area contributed by atoms with Gasteiger partial charge in [-0.25, -0.2) is 4.98 Å².